The molecule has 1 aliphatic carbocycles. The Morgan fingerprint density at radius 3 is 2.43 bits per heavy atom. The molecule has 0 bridgehead atoms. The second-order valence-corrected chi connectivity index (χ2v) is 4.53. The van der Waals surface area contributed by atoms with Gasteiger partial charge in [-0.2, -0.15) is 0 Å². The number of benzene rings is 2. The van der Waals surface area contributed by atoms with Gasteiger partial charge in [-0.1, -0.05) is 42.5 Å². The van der Waals surface area contributed by atoms with Crippen molar-refractivity contribution in [2.75, 3.05) is 0 Å². The largest absolute Gasteiger partial charge is 0.122 e. The van der Waals surface area contributed by atoms with E-state index in [4.69, 9.17) is 11.6 Å². The second-order valence-electron chi connectivity index (χ2n) is 3.96. The van der Waals surface area contributed by atoms with Gasteiger partial charge in [0.1, 0.15) is 0 Å². The van der Waals surface area contributed by atoms with Crippen molar-refractivity contribution in [1.29, 1.82) is 0 Å². The van der Waals surface area contributed by atoms with Gasteiger partial charge in [-0.3, -0.25) is 0 Å². The lowest BCUT2D eigenvalue weighted by Gasteiger charge is -2.01. The third kappa shape index (κ3) is 1.31. The summed E-state index contributed by atoms with van der Waals surface area (Å²) in [5.74, 6) is 0.598. The van der Waals surface area contributed by atoms with Crippen LogP contribution in [0.5, 0.6) is 0 Å². The van der Waals surface area contributed by atoms with Gasteiger partial charge in [0.2, 0.25) is 0 Å². The Morgan fingerprint density at radius 2 is 1.71 bits per heavy atom. The summed E-state index contributed by atoms with van der Waals surface area (Å²) in [5, 5.41) is 3.00. The van der Waals surface area contributed by atoms with E-state index >= 15 is 0 Å². The molecule has 3 rings (SSSR count). The summed E-state index contributed by atoms with van der Waals surface area (Å²) in [6, 6.07) is 15.1. The summed E-state index contributed by atoms with van der Waals surface area (Å²) in [7, 11) is 0. The number of fused-ring (bicyclic) bond motifs is 1. The zero-order valence-electron chi connectivity index (χ0n) is 7.78. The molecule has 0 saturated heterocycles. The SMILES string of the molecule is Cl[C@@H]1C[C@H]1c1ccc2ccccc2c1. The molecule has 0 unspecified atom stereocenters. The fourth-order valence-corrected chi connectivity index (χ4v) is 2.28. The van der Waals surface area contributed by atoms with Gasteiger partial charge < -0.3 is 0 Å². The van der Waals surface area contributed by atoms with Crippen LogP contribution >= 0.6 is 11.6 Å². The summed E-state index contributed by atoms with van der Waals surface area (Å²) >= 11 is 6.04. The maximum absolute atomic E-state index is 6.04. The quantitative estimate of drug-likeness (QED) is 0.615. The Morgan fingerprint density at radius 1 is 1.00 bits per heavy atom. The van der Waals surface area contributed by atoms with Crippen molar-refractivity contribution in [2.24, 2.45) is 0 Å². The van der Waals surface area contributed by atoms with E-state index in [1.54, 1.807) is 0 Å². The molecule has 0 aromatic heterocycles. The molecular weight excluding hydrogens is 192 g/mol. The molecule has 1 fully saturated rings. The van der Waals surface area contributed by atoms with Crippen LogP contribution in [-0.4, -0.2) is 5.38 Å². The first-order valence-electron chi connectivity index (χ1n) is 4.97. The Balaban J connectivity index is 2.11. The van der Waals surface area contributed by atoms with E-state index in [0.29, 0.717) is 11.3 Å². The highest BCUT2D eigenvalue weighted by molar-refractivity contribution is 6.23. The van der Waals surface area contributed by atoms with E-state index in [-0.39, 0.29) is 0 Å². The van der Waals surface area contributed by atoms with Crippen molar-refractivity contribution < 1.29 is 0 Å². The van der Waals surface area contributed by atoms with Crippen LogP contribution in [0.25, 0.3) is 10.8 Å². The maximum atomic E-state index is 6.04. The molecule has 1 aliphatic rings. The van der Waals surface area contributed by atoms with Crippen molar-refractivity contribution >= 4 is 22.4 Å². The van der Waals surface area contributed by atoms with Crippen LogP contribution in [0.3, 0.4) is 0 Å². The Kier molecular flexibility index (Phi) is 1.78. The first kappa shape index (κ1) is 8.31. The van der Waals surface area contributed by atoms with Crippen molar-refractivity contribution in [3.63, 3.8) is 0 Å². The van der Waals surface area contributed by atoms with Crippen molar-refractivity contribution in [2.45, 2.75) is 17.7 Å². The molecule has 2 aromatic rings. The summed E-state index contributed by atoms with van der Waals surface area (Å²) in [4.78, 5) is 0. The van der Waals surface area contributed by atoms with Gasteiger partial charge in [-0.25, -0.2) is 0 Å². The molecule has 0 N–H and O–H groups in total. The second kappa shape index (κ2) is 2.99. The first-order chi connectivity index (χ1) is 6.84. The fraction of sp³-hybridized carbons (Fsp3) is 0.231. The molecule has 0 spiro atoms. The van der Waals surface area contributed by atoms with Crippen molar-refractivity contribution in [3.05, 3.63) is 48.0 Å². The van der Waals surface area contributed by atoms with Crippen LogP contribution in [0.1, 0.15) is 17.9 Å². The van der Waals surface area contributed by atoms with Gasteiger partial charge in [0.25, 0.3) is 0 Å². The normalized spacial score (nSPS) is 25.2. The van der Waals surface area contributed by atoms with Crippen molar-refractivity contribution in [1.82, 2.24) is 0 Å². The number of alkyl halides is 1. The number of hydrogen-bond acceptors (Lipinski definition) is 0. The topological polar surface area (TPSA) is 0 Å². The molecule has 0 radical (unpaired) electrons. The van der Waals surface area contributed by atoms with Crippen molar-refractivity contribution in [3.8, 4) is 0 Å². The van der Waals surface area contributed by atoms with E-state index < -0.39 is 0 Å². The predicted octanol–water partition coefficient (Wildman–Crippen LogP) is 3.93. The van der Waals surface area contributed by atoms with Crippen LogP contribution < -0.4 is 0 Å². The van der Waals surface area contributed by atoms with E-state index in [1.807, 2.05) is 0 Å². The molecule has 1 heteroatoms. The van der Waals surface area contributed by atoms with E-state index in [1.165, 1.54) is 16.3 Å². The van der Waals surface area contributed by atoms with E-state index in [0.717, 1.165) is 6.42 Å². The first-order valence-corrected chi connectivity index (χ1v) is 5.41. The molecule has 0 amide bonds. The molecule has 70 valence electrons. The van der Waals surface area contributed by atoms with Gasteiger partial charge in [0, 0.05) is 11.3 Å². The van der Waals surface area contributed by atoms with Crippen LogP contribution in [0.15, 0.2) is 42.5 Å². The monoisotopic (exact) mass is 202 g/mol. The van der Waals surface area contributed by atoms with Gasteiger partial charge >= 0.3 is 0 Å². The number of halogens is 1. The third-order valence-electron chi connectivity index (χ3n) is 2.91. The maximum Gasteiger partial charge on any atom is 0.0411 e. The van der Waals surface area contributed by atoms with Gasteiger partial charge in [0.05, 0.1) is 0 Å². The van der Waals surface area contributed by atoms with Gasteiger partial charge in [-0.15, -0.1) is 11.6 Å². The predicted molar refractivity (Wildman–Crippen MR) is 60.9 cm³/mol. The smallest absolute Gasteiger partial charge is 0.0411 e. The Labute approximate surface area is 88.5 Å². The minimum atomic E-state index is 0.371. The fourth-order valence-electron chi connectivity index (χ4n) is 1.95. The summed E-state index contributed by atoms with van der Waals surface area (Å²) in [6.45, 7) is 0. The lowest BCUT2D eigenvalue weighted by molar-refractivity contribution is 1.14. The number of rotatable bonds is 1. The van der Waals surface area contributed by atoms with Crippen LogP contribution in [0, 0.1) is 0 Å². The number of hydrogen-bond donors (Lipinski definition) is 0. The minimum Gasteiger partial charge on any atom is -0.122 e. The molecule has 14 heavy (non-hydrogen) atoms. The lowest BCUT2D eigenvalue weighted by atomic mass is 10.0. The average molecular weight is 203 g/mol. The van der Waals surface area contributed by atoms with Gasteiger partial charge in [-0.05, 0) is 22.8 Å². The van der Waals surface area contributed by atoms with Crippen LogP contribution in [0.2, 0.25) is 0 Å². The standard InChI is InChI=1S/C13H11Cl/c14-13-8-12(13)11-6-5-9-3-1-2-4-10(9)7-11/h1-7,12-13H,8H2/t12-,13+/m0/s1. The van der Waals surface area contributed by atoms with E-state index in [2.05, 4.69) is 42.5 Å². The Hall–Kier alpha value is -1.01. The molecule has 2 atom stereocenters. The highest BCUT2D eigenvalue weighted by Gasteiger charge is 2.36. The minimum absolute atomic E-state index is 0.371. The zero-order valence-corrected chi connectivity index (χ0v) is 8.54. The average Bonchev–Trinajstić information content (AvgIpc) is 2.95. The highest BCUT2D eigenvalue weighted by atomic mass is 35.5. The van der Waals surface area contributed by atoms with Crippen LogP contribution in [0.4, 0.5) is 0 Å². The molecule has 0 nitrogen and oxygen atoms in total. The molecular formula is C13H11Cl. The Bertz CT molecular complexity index is 475. The van der Waals surface area contributed by atoms with Crippen LogP contribution in [-0.2, 0) is 0 Å². The van der Waals surface area contributed by atoms with E-state index in [9.17, 15) is 0 Å². The third-order valence-corrected chi connectivity index (χ3v) is 3.40. The summed E-state index contributed by atoms with van der Waals surface area (Å²) in [5.41, 5.74) is 1.39. The molecule has 2 aromatic carbocycles. The molecule has 0 aliphatic heterocycles. The summed E-state index contributed by atoms with van der Waals surface area (Å²) < 4.78 is 0. The van der Waals surface area contributed by atoms with Gasteiger partial charge in [0.15, 0.2) is 0 Å². The molecule has 1 saturated carbocycles. The molecule has 0 heterocycles. The lowest BCUT2D eigenvalue weighted by Crippen LogP contribution is -1.82. The zero-order chi connectivity index (χ0) is 9.54. The highest BCUT2D eigenvalue weighted by Crippen LogP contribution is 2.45. The summed E-state index contributed by atoms with van der Waals surface area (Å²) in [6.07, 6.45) is 1.14.